The van der Waals surface area contributed by atoms with Gasteiger partial charge in [0.05, 0.1) is 12.2 Å². The van der Waals surface area contributed by atoms with Gasteiger partial charge in [-0.1, -0.05) is 25.4 Å². The molecule has 6 heteroatoms. The maximum atomic E-state index is 13.1. The van der Waals surface area contributed by atoms with Crippen LogP contribution in [0.3, 0.4) is 0 Å². The molecular weight excluding hydrogens is 282 g/mol. The van der Waals surface area contributed by atoms with Crippen molar-refractivity contribution in [1.82, 2.24) is 15.4 Å². The first-order valence-corrected chi connectivity index (χ1v) is 7.93. The highest BCUT2D eigenvalue weighted by Crippen LogP contribution is 2.42. The largest absolute Gasteiger partial charge is 0.361 e. The minimum Gasteiger partial charge on any atom is -0.361 e. The van der Waals surface area contributed by atoms with Gasteiger partial charge < -0.3 is 9.84 Å². The molecule has 1 saturated heterocycles. The molecule has 6 nitrogen and oxygen atoms in total. The number of hydrogen-bond donors (Lipinski definition) is 1. The molecule has 2 atom stereocenters. The second-order valence-corrected chi connectivity index (χ2v) is 6.73. The van der Waals surface area contributed by atoms with Crippen molar-refractivity contribution in [1.29, 1.82) is 0 Å². The van der Waals surface area contributed by atoms with Gasteiger partial charge in [-0.3, -0.25) is 9.69 Å². The van der Waals surface area contributed by atoms with Crippen LogP contribution in [-0.4, -0.2) is 27.5 Å². The van der Waals surface area contributed by atoms with E-state index in [9.17, 15) is 9.59 Å². The van der Waals surface area contributed by atoms with Crippen LogP contribution in [0.15, 0.2) is 4.52 Å². The van der Waals surface area contributed by atoms with E-state index in [-0.39, 0.29) is 30.3 Å². The van der Waals surface area contributed by atoms with Crippen LogP contribution in [0.25, 0.3) is 0 Å². The summed E-state index contributed by atoms with van der Waals surface area (Å²) in [7, 11) is 0. The molecule has 1 N–H and O–H groups in total. The Bertz CT molecular complexity index is 593. The van der Waals surface area contributed by atoms with Gasteiger partial charge in [0.2, 0.25) is 0 Å². The zero-order valence-electron chi connectivity index (χ0n) is 13.6. The molecule has 3 rings (SSSR count). The summed E-state index contributed by atoms with van der Waals surface area (Å²) in [6.07, 6.45) is 3.04. The van der Waals surface area contributed by atoms with E-state index in [1.165, 1.54) is 4.90 Å². The Morgan fingerprint density at radius 2 is 1.91 bits per heavy atom. The lowest BCUT2D eigenvalue weighted by Crippen LogP contribution is -2.58. The van der Waals surface area contributed by atoms with Gasteiger partial charge in [-0.15, -0.1) is 0 Å². The first-order valence-electron chi connectivity index (χ1n) is 7.93. The normalized spacial score (nSPS) is 27.5. The molecule has 22 heavy (non-hydrogen) atoms. The highest BCUT2D eigenvalue weighted by Gasteiger charge is 2.58. The second kappa shape index (κ2) is 5.11. The number of aromatic nitrogens is 1. The van der Waals surface area contributed by atoms with Crippen molar-refractivity contribution in [2.24, 2.45) is 11.8 Å². The van der Waals surface area contributed by atoms with Gasteiger partial charge in [-0.25, -0.2) is 4.79 Å². The first kappa shape index (κ1) is 15.1. The average Bonchev–Trinajstić information content (AvgIpc) is 2.91. The molecule has 1 saturated carbocycles. The van der Waals surface area contributed by atoms with E-state index in [2.05, 4.69) is 24.3 Å². The molecule has 3 amide bonds. The number of carbonyl (C=O) groups excluding carboxylic acids is 2. The summed E-state index contributed by atoms with van der Waals surface area (Å²) in [4.78, 5) is 26.8. The molecule has 2 aliphatic rings. The molecule has 2 heterocycles. The van der Waals surface area contributed by atoms with Crippen molar-refractivity contribution in [2.45, 2.75) is 59.0 Å². The summed E-state index contributed by atoms with van der Waals surface area (Å²) in [6, 6.07) is -0.300. The van der Waals surface area contributed by atoms with Crippen molar-refractivity contribution in [3.05, 3.63) is 17.0 Å². The van der Waals surface area contributed by atoms with Crippen LogP contribution in [0, 0.1) is 25.7 Å². The Balaban J connectivity index is 1.92. The molecule has 120 valence electrons. The molecule has 2 fully saturated rings. The van der Waals surface area contributed by atoms with Crippen LogP contribution < -0.4 is 5.32 Å². The number of carbonyl (C=O) groups is 2. The van der Waals surface area contributed by atoms with E-state index >= 15 is 0 Å². The van der Waals surface area contributed by atoms with Crippen molar-refractivity contribution >= 4 is 11.9 Å². The number of nitrogens with one attached hydrogen (secondary N) is 1. The highest BCUT2D eigenvalue weighted by molar-refractivity contribution is 6.07. The van der Waals surface area contributed by atoms with Crippen molar-refractivity contribution in [2.75, 3.05) is 0 Å². The molecule has 1 aromatic rings. The van der Waals surface area contributed by atoms with Gasteiger partial charge >= 0.3 is 6.03 Å². The highest BCUT2D eigenvalue weighted by atomic mass is 16.5. The quantitative estimate of drug-likeness (QED) is 0.852. The molecule has 1 aromatic heterocycles. The number of nitrogens with zero attached hydrogens (tertiary/aromatic N) is 2. The standard InChI is InChI=1S/C16H23N3O3/c1-9-6-5-7-10(2)16(9)14(20)19(15(21)17-16)8-13-11(3)18-22-12(13)4/h9-10H,5-8H2,1-4H3,(H,17,21)/t9-,10-/m0/s1. The van der Waals surface area contributed by atoms with Crippen molar-refractivity contribution < 1.29 is 14.1 Å². The molecule has 1 spiro atoms. The summed E-state index contributed by atoms with van der Waals surface area (Å²) < 4.78 is 5.14. The predicted molar refractivity (Wildman–Crippen MR) is 80.0 cm³/mol. The number of rotatable bonds is 2. The summed E-state index contributed by atoms with van der Waals surface area (Å²) in [5, 5.41) is 6.90. The minimum absolute atomic E-state index is 0.0998. The zero-order chi connectivity index (χ0) is 16.1. The van der Waals surface area contributed by atoms with Crippen LogP contribution in [0.5, 0.6) is 0 Å². The number of aryl methyl sites for hydroxylation is 2. The third kappa shape index (κ3) is 1.96. The van der Waals surface area contributed by atoms with Gasteiger partial charge in [0.25, 0.3) is 5.91 Å². The Hall–Kier alpha value is -1.85. The molecule has 0 bridgehead atoms. The van der Waals surface area contributed by atoms with Crippen LogP contribution in [0.4, 0.5) is 4.79 Å². The maximum absolute atomic E-state index is 13.1. The number of imide groups is 1. The summed E-state index contributed by atoms with van der Waals surface area (Å²) >= 11 is 0. The van der Waals surface area contributed by atoms with Crippen LogP contribution >= 0.6 is 0 Å². The fraction of sp³-hybridized carbons (Fsp3) is 0.688. The molecular formula is C16H23N3O3. The average molecular weight is 305 g/mol. The van der Waals surface area contributed by atoms with Crippen molar-refractivity contribution in [3.63, 3.8) is 0 Å². The SMILES string of the molecule is Cc1noc(C)c1CN1C(=O)NC2(C1=O)[C@@H](C)CCC[C@@H]2C. The third-order valence-corrected chi connectivity index (χ3v) is 5.48. The molecule has 1 aliphatic heterocycles. The van der Waals surface area contributed by atoms with Crippen molar-refractivity contribution in [3.8, 4) is 0 Å². The van der Waals surface area contributed by atoms with E-state index in [0.717, 1.165) is 30.5 Å². The Morgan fingerprint density at radius 1 is 1.27 bits per heavy atom. The van der Waals surface area contributed by atoms with E-state index in [1.807, 2.05) is 6.92 Å². The summed E-state index contributed by atoms with van der Waals surface area (Å²) in [5.41, 5.74) is 0.800. The fourth-order valence-electron chi connectivity index (χ4n) is 3.98. The monoisotopic (exact) mass is 305 g/mol. The van der Waals surface area contributed by atoms with Gasteiger partial charge in [-0.2, -0.15) is 0 Å². The molecule has 0 radical (unpaired) electrons. The van der Waals surface area contributed by atoms with Crippen LogP contribution in [0.1, 0.15) is 50.1 Å². The third-order valence-electron chi connectivity index (χ3n) is 5.48. The van der Waals surface area contributed by atoms with Crippen LogP contribution in [-0.2, 0) is 11.3 Å². The molecule has 1 aliphatic carbocycles. The van der Waals surface area contributed by atoms with Gasteiger partial charge in [0.15, 0.2) is 0 Å². The van der Waals surface area contributed by atoms with E-state index < -0.39 is 5.54 Å². The lowest BCUT2D eigenvalue weighted by atomic mass is 9.67. The predicted octanol–water partition coefficient (Wildman–Crippen LogP) is 2.54. The smallest absolute Gasteiger partial charge is 0.325 e. The topological polar surface area (TPSA) is 75.4 Å². The number of hydrogen-bond acceptors (Lipinski definition) is 4. The van der Waals surface area contributed by atoms with Crippen LogP contribution in [0.2, 0.25) is 0 Å². The Kier molecular flexibility index (Phi) is 3.50. The molecule has 0 aromatic carbocycles. The van der Waals surface area contributed by atoms with Gasteiger partial charge in [-0.05, 0) is 38.5 Å². The lowest BCUT2D eigenvalue weighted by Gasteiger charge is -2.42. The fourth-order valence-corrected chi connectivity index (χ4v) is 3.98. The zero-order valence-corrected chi connectivity index (χ0v) is 13.6. The first-order chi connectivity index (χ1) is 10.4. The minimum atomic E-state index is -0.742. The maximum Gasteiger partial charge on any atom is 0.325 e. The van der Waals surface area contributed by atoms with E-state index in [1.54, 1.807) is 6.92 Å². The summed E-state index contributed by atoms with van der Waals surface area (Å²) in [5.74, 6) is 0.866. The number of urea groups is 1. The Labute approximate surface area is 130 Å². The van der Waals surface area contributed by atoms with Gasteiger partial charge in [0.1, 0.15) is 11.3 Å². The second-order valence-electron chi connectivity index (χ2n) is 6.73. The number of amides is 3. The summed E-state index contributed by atoms with van der Waals surface area (Å²) in [6.45, 7) is 7.98. The Morgan fingerprint density at radius 3 is 2.45 bits per heavy atom. The molecule has 0 unspecified atom stereocenters. The lowest BCUT2D eigenvalue weighted by molar-refractivity contribution is -0.136. The van der Waals surface area contributed by atoms with E-state index in [0.29, 0.717) is 5.76 Å². The van der Waals surface area contributed by atoms with Gasteiger partial charge in [0, 0.05) is 5.56 Å². The van der Waals surface area contributed by atoms with E-state index in [4.69, 9.17) is 4.52 Å².